The quantitative estimate of drug-likeness (QED) is 0.511. The summed E-state index contributed by atoms with van der Waals surface area (Å²) >= 11 is 0. The molecule has 5 rings (SSSR count). The van der Waals surface area contributed by atoms with E-state index in [0.717, 1.165) is 52.0 Å². The Bertz CT molecular complexity index is 1010. The molecule has 0 bridgehead atoms. The molecule has 1 unspecified atom stereocenters. The molecule has 2 aliphatic rings. The molecule has 2 heterocycles. The first-order valence-corrected chi connectivity index (χ1v) is 13.1. The predicted molar refractivity (Wildman–Crippen MR) is 142 cm³/mol. The lowest BCUT2D eigenvalue weighted by Gasteiger charge is -2.36. The van der Waals surface area contributed by atoms with Gasteiger partial charge in [-0.25, -0.2) is 0 Å². The third-order valence-corrected chi connectivity index (χ3v) is 7.67. The van der Waals surface area contributed by atoms with Crippen LogP contribution in [-0.4, -0.2) is 54.5 Å². The van der Waals surface area contributed by atoms with Gasteiger partial charge in [0.1, 0.15) is 0 Å². The zero-order valence-electron chi connectivity index (χ0n) is 20.6. The molecular formula is C31H37N3O. The average Bonchev–Trinajstić information content (AvgIpc) is 3.33. The fraction of sp³-hybridized carbons (Fsp3) is 0.387. The Morgan fingerprint density at radius 3 is 1.89 bits per heavy atom. The van der Waals surface area contributed by atoms with Crippen molar-refractivity contribution in [1.29, 1.82) is 0 Å². The molecule has 1 atom stereocenters. The van der Waals surface area contributed by atoms with Crippen LogP contribution in [0.1, 0.15) is 41.9 Å². The molecule has 0 spiro atoms. The number of hydrogen-bond donors (Lipinski definition) is 1. The minimum absolute atomic E-state index is 0.178. The third kappa shape index (κ3) is 6.39. The van der Waals surface area contributed by atoms with E-state index in [1.807, 2.05) is 0 Å². The van der Waals surface area contributed by atoms with Gasteiger partial charge < -0.3 is 5.32 Å². The van der Waals surface area contributed by atoms with Crippen molar-refractivity contribution in [2.75, 3.05) is 32.7 Å². The van der Waals surface area contributed by atoms with Crippen LogP contribution in [0.15, 0.2) is 91.0 Å². The van der Waals surface area contributed by atoms with Gasteiger partial charge >= 0.3 is 0 Å². The highest BCUT2D eigenvalue weighted by atomic mass is 16.2. The smallest absolute Gasteiger partial charge is 0.234 e. The van der Waals surface area contributed by atoms with Crippen molar-refractivity contribution < 1.29 is 4.79 Å². The van der Waals surface area contributed by atoms with Gasteiger partial charge in [-0.2, -0.15) is 0 Å². The fourth-order valence-electron chi connectivity index (χ4n) is 5.91. The van der Waals surface area contributed by atoms with Gasteiger partial charge in [-0.1, -0.05) is 91.0 Å². The van der Waals surface area contributed by atoms with E-state index < -0.39 is 0 Å². The van der Waals surface area contributed by atoms with Crippen molar-refractivity contribution in [3.63, 3.8) is 0 Å². The molecule has 0 saturated carbocycles. The zero-order valence-corrected chi connectivity index (χ0v) is 20.6. The van der Waals surface area contributed by atoms with E-state index in [2.05, 4.69) is 106 Å². The Kier molecular flexibility index (Phi) is 7.92. The first kappa shape index (κ1) is 23.8. The molecule has 4 nitrogen and oxygen atoms in total. The molecule has 3 aromatic carbocycles. The van der Waals surface area contributed by atoms with E-state index in [-0.39, 0.29) is 11.9 Å². The molecule has 35 heavy (non-hydrogen) atoms. The summed E-state index contributed by atoms with van der Waals surface area (Å²) in [6, 6.07) is 32.7. The number of rotatable bonds is 8. The van der Waals surface area contributed by atoms with Crippen molar-refractivity contribution in [3.8, 4) is 0 Å². The largest absolute Gasteiger partial charge is 0.351 e. The molecule has 2 saturated heterocycles. The number of amides is 1. The second-order valence-corrected chi connectivity index (χ2v) is 10.2. The van der Waals surface area contributed by atoms with E-state index in [9.17, 15) is 4.79 Å². The Labute approximate surface area is 210 Å². The third-order valence-electron chi connectivity index (χ3n) is 7.67. The summed E-state index contributed by atoms with van der Waals surface area (Å²) in [6.45, 7) is 5.44. The van der Waals surface area contributed by atoms with Crippen LogP contribution < -0.4 is 5.32 Å². The number of likely N-dealkylation sites (tertiary alicyclic amines) is 2. The topological polar surface area (TPSA) is 35.6 Å². The average molecular weight is 468 g/mol. The summed E-state index contributed by atoms with van der Waals surface area (Å²) in [7, 11) is 0. The summed E-state index contributed by atoms with van der Waals surface area (Å²) in [5.41, 5.74) is 4.14. The molecule has 2 fully saturated rings. The van der Waals surface area contributed by atoms with Crippen molar-refractivity contribution >= 4 is 5.91 Å². The number of piperidine rings is 1. The first-order chi connectivity index (χ1) is 17.2. The summed E-state index contributed by atoms with van der Waals surface area (Å²) in [4.78, 5) is 17.6. The van der Waals surface area contributed by atoms with Gasteiger partial charge in [-0.3, -0.25) is 14.6 Å². The number of hydrogen-bond acceptors (Lipinski definition) is 3. The van der Waals surface area contributed by atoms with E-state index in [0.29, 0.717) is 18.4 Å². The van der Waals surface area contributed by atoms with Crippen LogP contribution in [-0.2, 0) is 11.3 Å². The molecular weight excluding hydrogens is 430 g/mol. The van der Waals surface area contributed by atoms with Crippen LogP contribution >= 0.6 is 0 Å². The van der Waals surface area contributed by atoms with Gasteiger partial charge in [-0.05, 0) is 55.0 Å². The summed E-state index contributed by atoms with van der Waals surface area (Å²) < 4.78 is 0. The minimum Gasteiger partial charge on any atom is -0.351 e. The Morgan fingerprint density at radius 1 is 0.743 bits per heavy atom. The number of carbonyl (C=O) groups is 1. The lowest BCUT2D eigenvalue weighted by atomic mass is 9.76. The number of nitrogens with zero attached hydrogens (tertiary/aromatic N) is 2. The van der Waals surface area contributed by atoms with E-state index in [1.54, 1.807) is 0 Å². The maximum Gasteiger partial charge on any atom is 0.234 e. The van der Waals surface area contributed by atoms with Gasteiger partial charge in [-0.15, -0.1) is 0 Å². The molecule has 0 aromatic heterocycles. The van der Waals surface area contributed by atoms with Gasteiger partial charge in [0.25, 0.3) is 0 Å². The summed E-state index contributed by atoms with van der Waals surface area (Å²) in [5, 5.41) is 3.31. The normalized spacial score (nSPS) is 19.7. The second-order valence-electron chi connectivity index (χ2n) is 10.2. The zero-order chi connectivity index (χ0) is 23.9. The minimum atomic E-state index is 0.178. The Morgan fingerprint density at radius 2 is 1.29 bits per heavy atom. The van der Waals surface area contributed by atoms with Crippen LogP contribution in [0.25, 0.3) is 0 Å². The number of benzene rings is 3. The van der Waals surface area contributed by atoms with Crippen molar-refractivity contribution in [2.45, 2.75) is 37.8 Å². The lowest BCUT2D eigenvalue weighted by molar-refractivity contribution is -0.123. The summed E-state index contributed by atoms with van der Waals surface area (Å²) in [5.74, 6) is 1.20. The second kappa shape index (κ2) is 11.7. The van der Waals surface area contributed by atoms with Gasteiger partial charge in [0.2, 0.25) is 5.91 Å². The molecule has 2 aliphatic heterocycles. The van der Waals surface area contributed by atoms with Gasteiger partial charge in [0.05, 0.1) is 6.54 Å². The molecule has 3 aromatic rings. The van der Waals surface area contributed by atoms with Crippen LogP contribution in [0.2, 0.25) is 0 Å². The Hall–Kier alpha value is -2.95. The number of carbonyl (C=O) groups excluding carboxylic acids is 1. The van der Waals surface area contributed by atoms with Crippen LogP contribution in [0.4, 0.5) is 0 Å². The highest BCUT2D eigenvalue weighted by Gasteiger charge is 2.30. The van der Waals surface area contributed by atoms with E-state index >= 15 is 0 Å². The Balaban J connectivity index is 1.10. The maximum absolute atomic E-state index is 12.8. The number of nitrogens with one attached hydrogen (secondary N) is 1. The van der Waals surface area contributed by atoms with Crippen LogP contribution in [0, 0.1) is 5.92 Å². The highest BCUT2D eigenvalue weighted by molar-refractivity contribution is 5.78. The monoisotopic (exact) mass is 467 g/mol. The van der Waals surface area contributed by atoms with Gasteiger partial charge in [0, 0.05) is 31.6 Å². The maximum atomic E-state index is 12.8. The molecule has 182 valence electrons. The van der Waals surface area contributed by atoms with Crippen molar-refractivity contribution in [1.82, 2.24) is 15.1 Å². The standard InChI is InChI=1S/C31H37N3O/c35-30(32-29-18-21-34(23-29)22-25-10-4-1-5-11-25)24-33-19-16-28(17-20-33)31(26-12-6-2-7-13-26)27-14-8-3-9-15-27/h1-15,28-29,31H,16-24H2,(H,32,35). The SMILES string of the molecule is O=C(CN1CCC(C(c2ccccc2)c2ccccc2)CC1)NC1CCN(Cc2ccccc2)C1. The first-order valence-electron chi connectivity index (χ1n) is 13.1. The van der Waals surface area contributed by atoms with E-state index in [1.165, 1.54) is 16.7 Å². The van der Waals surface area contributed by atoms with Crippen molar-refractivity contribution in [2.24, 2.45) is 5.92 Å². The van der Waals surface area contributed by atoms with Crippen molar-refractivity contribution in [3.05, 3.63) is 108 Å². The van der Waals surface area contributed by atoms with E-state index in [4.69, 9.17) is 0 Å². The highest BCUT2D eigenvalue weighted by Crippen LogP contribution is 2.37. The van der Waals surface area contributed by atoms with Gasteiger partial charge in [0.15, 0.2) is 0 Å². The van der Waals surface area contributed by atoms with Crippen LogP contribution in [0.5, 0.6) is 0 Å². The fourth-order valence-corrected chi connectivity index (χ4v) is 5.91. The molecule has 1 amide bonds. The predicted octanol–water partition coefficient (Wildman–Crippen LogP) is 4.92. The molecule has 1 N–H and O–H groups in total. The lowest BCUT2D eigenvalue weighted by Crippen LogP contribution is -2.45. The molecule has 4 heteroatoms. The molecule has 0 aliphatic carbocycles. The summed E-state index contributed by atoms with van der Waals surface area (Å²) in [6.07, 6.45) is 3.28. The molecule has 0 radical (unpaired) electrons. The van der Waals surface area contributed by atoms with Crippen LogP contribution in [0.3, 0.4) is 0 Å².